The first kappa shape index (κ1) is 16.7. The molecule has 0 bridgehead atoms. The first-order valence-corrected chi connectivity index (χ1v) is 6.58. The van der Waals surface area contributed by atoms with Crippen molar-refractivity contribution in [2.75, 3.05) is 13.7 Å². The monoisotopic (exact) mass is 297 g/mol. The van der Waals surface area contributed by atoms with Gasteiger partial charge in [0.15, 0.2) is 17.5 Å². The fourth-order valence-electron chi connectivity index (χ4n) is 1.65. The molecule has 7 heteroatoms. The molecule has 1 heterocycles. The van der Waals surface area contributed by atoms with Gasteiger partial charge in [0.1, 0.15) is 0 Å². The summed E-state index contributed by atoms with van der Waals surface area (Å²) in [5.41, 5.74) is 0.0507. The zero-order valence-electron chi connectivity index (χ0n) is 12.6. The van der Waals surface area contributed by atoms with Crippen molar-refractivity contribution in [3.05, 3.63) is 22.7 Å². The molecule has 0 aliphatic carbocycles. The average molecular weight is 297 g/mol. The number of methoxy groups -OCH3 is 1. The summed E-state index contributed by atoms with van der Waals surface area (Å²) in [6, 6.07) is 0. The lowest BCUT2D eigenvalue weighted by Gasteiger charge is -2.15. The van der Waals surface area contributed by atoms with Crippen LogP contribution in [0.2, 0.25) is 0 Å². The second kappa shape index (κ2) is 7.47. The van der Waals surface area contributed by atoms with Crippen molar-refractivity contribution >= 4 is 11.9 Å². The van der Waals surface area contributed by atoms with E-state index in [2.05, 4.69) is 4.74 Å². The van der Waals surface area contributed by atoms with E-state index in [0.29, 0.717) is 11.3 Å². The van der Waals surface area contributed by atoms with Gasteiger partial charge in [-0.25, -0.2) is 4.79 Å². The predicted molar refractivity (Wildman–Crippen MR) is 73.2 cm³/mol. The largest absolute Gasteiger partial charge is 0.618 e. The second-order valence-corrected chi connectivity index (χ2v) is 4.40. The summed E-state index contributed by atoms with van der Waals surface area (Å²) >= 11 is 0. The summed E-state index contributed by atoms with van der Waals surface area (Å²) < 4.78 is 15.7. The molecule has 1 aromatic heterocycles. The van der Waals surface area contributed by atoms with Crippen molar-refractivity contribution in [1.82, 2.24) is 0 Å². The summed E-state index contributed by atoms with van der Waals surface area (Å²) in [5, 5.41) is 11.8. The van der Waals surface area contributed by atoms with Gasteiger partial charge in [0, 0.05) is 13.8 Å². The van der Waals surface area contributed by atoms with Gasteiger partial charge in [-0.15, -0.1) is 0 Å². The number of ether oxygens (including phenoxy) is 3. The number of nitrogens with zero attached hydrogens (tertiary/aromatic N) is 1. The normalized spacial score (nSPS) is 10.1. The molecule has 0 unspecified atom stereocenters. The molecule has 0 aromatic carbocycles. The van der Waals surface area contributed by atoms with Crippen LogP contribution in [0.25, 0.3) is 0 Å². The van der Waals surface area contributed by atoms with Gasteiger partial charge < -0.3 is 19.4 Å². The highest BCUT2D eigenvalue weighted by atomic mass is 16.6. The lowest BCUT2D eigenvalue weighted by Crippen LogP contribution is -2.33. The standard InChI is InChI=1S/C14H19NO6/c1-5-6-7-20-12-9(2)15(18)8-11(14(17)19-4)13(12)21-10(3)16/h8H,5-7H2,1-4H3. The molecule has 1 aromatic rings. The third-order valence-electron chi connectivity index (χ3n) is 2.75. The number of aromatic nitrogens is 1. The molecule has 0 N–H and O–H groups in total. The van der Waals surface area contributed by atoms with E-state index in [1.54, 1.807) is 0 Å². The second-order valence-electron chi connectivity index (χ2n) is 4.40. The number of esters is 2. The Hall–Kier alpha value is -2.31. The van der Waals surface area contributed by atoms with Crippen molar-refractivity contribution in [2.45, 2.75) is 33.6 Å². The maximum Gasteiger partial charge on any atom is 0.348 e. The lowest BCUT2D eigenvalue weighted by atomic mass is 10.2. The number of pyridine rings is 1. The third-order valence-corrected chi connectivity index (χ3v) is 2.75. The van der Waals surface area contributed by atoms with Crippen LogP contribution in [-0.2, 0) is 9.53 Å². The van der Waals surface area contributed by atoms with E-state index in [4.69, 9.17) is 9.47 Å². The fraction of sp³-hybridized carbons (Fsp3) is 0.500. The van der Waals surface area contributed by atoms with E-state index in [0.717, 1.165) is 19.0 Å². The first-order chi connectivity index (χ1) is 9.92. The molecule has 1 rings (SSSR count). The van der Waals surface area contributed by atoms with Crippen LogP contribution in [0.5, 0.6) is 11.5 Å². The van der Waals surface area contributed by atoms with E-state index >= 15 is 0 Å². The molecule has 0 radical (unpaired) electrons. The number of rotatable bonds is 6. The fourth-order valence-corrected chi connectivity index (χ4v) is 1.65. The highest BCUT2D eigenvalue weighted by molar-refractivity contribution is 5.94. The first-order valence-electron chi connectivity index (χ1n) is 6.58. The molecular formula is C14H19NO6. The Morgan fingerprint density at radius 3 is 2.52 bits per heavy atom. The Balaban J connectivity index is 3.37. The Bertz CT molecular complexity index is 541. The third kappa shape index (κ3) is 4.08. The molecule has 116 valence electrons. The number of hydrogen-bond acceptors (Lipinski definition) is 6. The molecular weight excluding hydrogens is 278 g/mol. The van der Waals surface area contributed by atoms with Crippen LogP contribution in [0.3, 0.4) is 0 Å². The molecule has 0 saturated heterocycles. The van der Waals surface area contributed by atoms with Crippen LogP contribution in [0.4, 0.5) is 0 Å². The van der Waals surface area contributed by atoms with Crippen LogP contribution in [0.1, 0.15) is 42.7 Å². The Labute approximate surface area is 123 Å². The molecule has 0 aliphatic heterocycles. The van der Waals surface area contributed by atoms with Crippen LogP contribution in [-0.4, -0.2) is 25.7 Å². The number of carbonyl (C=O) groups is 2. The Morgan fingerprint density at radius 1 is 1.33 bits per heavy atom. The van der Waals surface area contributed by atoms with Gasteiger partial charge in [0.05, 0.1) is 13.7 Å². The minimum absolute atomic E-state index is 0.0801. The predicted octanol–water partition coefficient (Wildman–Crippen LogP) is 1.52. The minimum Gasteiger partial charge on any atom is -0.618 e. The Kier molecular flexibility index (Phi) is 5.95. The number of carbonyl (C=O) groups excluding carboxylic acids is 2. The number of hydrogen-bond donors (Lipinski definition) is 0. The molecule has 0 amide bonds. The van der Waals surface area contributed by atoms with E-state index in [-0.39, 0.29) is 22.8 Å². The molecule has 0 atom stereocenters. The van der Waals surface area contributed by atoms with Crippen molar-refractivity contribution < 1.29 is 28.5 Å². The van der Waals surface area contributed by atoms with Gasteiger partial charge in [-0.1, -0.05) is 13.3 Å². The van der Waals surface area contributed by atoms with Crippen LogP contribution < -0.4 is 14.2 Å². The van der Waals surface area contributed by atoms with Crippen LogP contribution in [0.15, 0.2) is 6.20 Å². The minimum atomic E-state index is -0.781. The Morgan fingerprint density at radius 2 is 2.00 bits per heavy atom. The molecule has 7 nitrogen and oxygen atoms in total. The smallest absolute Gasteiger partial charge is 0.348 e. The van der Waals surface area contributed by atoms with E-state index in [9.17, 15) is 14.8 Å². The molecule has 21 heavy (non-hydrogen) atoms. The van der Waals surface area contributed by atoms with E-state index < -0.39 is 11.9 Å². The van der Waals surface area contributed by atoms with Crippen LogP contribution in [0, 0.1) is 12.1 Å². The van der Waals surface area contributed by atoms with E-state index in [1.165, 1.54) is 21.0 Å². The highest BCUT2D eigenvalue weighted by Crippen LogP contribution is 2.33. The maximum absolute atomic E-state index is 11.8. The van der Waals surface area contributed by atoms with Crippen molar-refractivity contribution in [1.29, 1.82) is 0 Å². The molecule has 0 aliphatic rings. The van der Waals surface area contributed by atoms with Gasteiger partial charge in [-0.3, -0.25) is 4.79 Å². The van der Waals surface area contributed by atoms with Gasteiger partial charge >= 0.3 is 11.9 Å². The maximum atomic E-state index is 11.8. The van der Waals surface area contributed by atoms with E-state index in [1.807, 2.05) is 6.92 Å². The average Bonchev–Trinajstić information content (AvgIpc) is 2.44. The topological polar surface area (TPSA) is 88.8 Å². The summed E-state index contributed by atoms with van der Waals surface area (Å²) in [6.07, 6.45) is 2.67. The zero-order chi connectivity index (χ0) is 16.0. The zero-order valence-corrected chi connectivity index (χ0v) is 12.6. The lowest BCUT2D eigenvalue weighted by molar-refractivity contribution is -0.612. The van der Waals surface area contributed by atoms with Crippen LogP contribution >= 0.6 is 0 Å². The SMILES string of the molecule is CCCCOc1c(OC(C)=O)c(C(=O)OC)c[n+]([O-])c1C. The van der Waals surface area contributed by atoms with Gasteiger partial charge in [-0.2, -0.15) is 4.73 Å². The van der Waals surface area contributed by atoms with Crippen molar-refractivity contribution in [3.8, 4) is 11.5 Å². The summed E-state index contributed by atoms with van der Waals surface area (Å²) in [7, 11) is 1.17. The van der Waals surface area contributed by atoms with Gasteiger partial charge in [0.2, 0.25) is 11.4 Å². The van der Waals surface area contributed by atoms with Crippen molar-refractivity contribution in [2.24, 2.45) is 0 Å². The summed E-state index contributed by atoms with van der Waals surface area (Å²) in [4.78, 5) is 23.0. The number of unbranched alkanes of at least 4 members (excludes halogenated alkanes) is 1. The highest BCUT2D eigenvalue weighted by Gasteiger charge is 2.28. The van der Waals surface area contributed by atoms with Crippen molar-refractivity contribution in [3.63, 3.8) is 0 Å². The summed E-state index contributed by atoms with van der Waals surface area (Å²) in [6.45, 7) is 5.05. The molecule has 0 saturated carbocycles. The quantitative estimate of drug-likeness (QED) is 0.342. The summed E-state index contributed by atoms with van der Waals surface area (Å²) in [5.74, 6) is -1.41. The van der Waals surface area contributed by atoms with Gasteiger partial charge in [0.25, 0.3) is 0 Å². The molecule has 0 spiro atoms. The molecule has 0 fully saturated rings. The van der Waals surface area contributed by atoms with Gasteiger partial charge in [-0.05, 0) is 6.42 Å².